The van der Waals surface area contributed by atoms with Crippen LogP contribution in [0.5, 0.6) is 0 Å². The van der Waals surface area contributed by atoms with Crippen LogP contribution in [-0.2, 0) is 4.79 Å². The summed E-state index contributed by atoms with van der Waals surface area (Å²) in [5.74, 6) is 1.53. The third-order valence-electron chi connectivity index (χ3n) is 5.38. The summed E-state index contributed by atoms with van der Waals surface area (Å²) in [6.45, 7) is 8.91. The molecule has 1 unspecified atom stereocenters. The van der Waals surface area contributed by atoms with Crippen molar-refractivity contribution in [3.05, 3.63) is 35.9 Å². The van der Waals surface area contributed by atoms with Gasteiger partial charge in [0.05, 0.1) is 23.9 Å². The Hall–Kier alpha value is -2.34. The van der Waals surface area contributed by atoms with Gasteiger partial charge in [0.1, 0.15) is 5.84 Å². The van der Waals surface area contributed by atoms with Crippen molar-refractivity contribution in [3.8, 4) is 0 Å². The Morgan fingerprint density at radius 1 is 1.31 bits per heavy atom. The fourth-order valence-corrected chi connectivity index (χ4v) is 3.47. The van der Waals surface area contributed by atoms with Gasteiger partial charge in [0.25, 0.3) is 0 Å². The largest absolute Gasteiger partial charge is 0.389 e. The van der Waals surface area contributed by atoms with E-state index in [2.05, 4.69) is 41.8 Å². The number of rotatable bonds is 9. The Balaban J connectivity index is 1.73. The lowest BCUT2D eigenvalue weighted by atomic mass is 10.0. The highest BCUT2D eigenvalue weighted by Crippen LogP contribution is 2.32. The summed E-state index contributed by atoms with van der Waals surface area (Å²) >= 11 is 0. The second-order valence-electron chi connectivity index (χ2n) is 8.77. The predicted octanol–water partition coefficient (Wildman–Crippen LogP) is 3.25. The molecule has 0 aromatic heterocycles. The third-order valence-corrected chi connectivity index (χ3v) is 5.38. The minimum atomic E-state index is -0.922. The fraction of sp³-hybridized carbons (Fsp3) is 0.565. The van der Waals surface area contributed by atoms with E-state index in [9.17, 15) is 9.90 Å². The number of anilines is 1. The lowest BCUT2D eigenvalue weighted by molar-refractivity contribution is -0.122. The van der Waals surface area contributed by atoms with Gasteiger partial charge in [-0.25, -0.2) is 4.99 Å². The Morgan fingerprint density at radius 3 is 2.69 bits per heavy atom. The van der Waals surface area contributed by atoms with Crippen molar-refractivity contribution in [2.24, 2.45) is 10.9 Å². The van der Waals surface area contributed by atoms with E-state index in [0.717, 1.165) is 41.7 Å². The average molecular weight is 399 g/mol. The number of aliphatic hydroxyl groups is 1. The van der Waals surface area contributed by atoms with Crippen molar-refractivity contribution >= 4 is 23.1 Å². The molecule has 3 N–H and O–H groups in total. The number of benzene rings is 1. The second-order valence-corrected chi connectivity index (χ2v) is 8.77. The summed E-state index contributed by atoms with van der Waals surface area (Å²) in [5, 5.41) is 16.2. The Morgan fingerprint density at radius 2 is 2.03 bits per heavy atom. The van der Waals surface area contributed by atoms with Crippen molar-refractivity contribution in [3.63, 3.8) is 0 Å². The molecule has 0 spiro atoms. The molecule has 1 amide bonds. The number of aliphatic imine (C=N–C) groups is 1. The molecule has 1 fully saturated rings. The van der Waals surface area contributed by atoms with Crippen LogP contribution in [0.3, 0.4) is 0 Å². The number of amidine groups is 1. The highest BCUT2D eigenvalue weighted by Gasteiger charge is 2.26. The van der Waals surface area contributed by atoms with Crippen LogP contribution in [0.1, 0.15) is 52.5 Å². The molecule has 1 aliphatic carbocycles. The van der Waals surface area contributed by atoms with Crippen molar-refractivity contribution in [2.45, 2.75) is 58.6 Å². The molecule has 1 atom stereocenters. The number of carbonyl (C=O) groups excluding carboxylic acids is 1. The van der Waals surface area contributed by atoms with Gasteiger partial charge in [-0.2, -0.15) is 0 Å². The van der Waals surface area contributed by atoms with Crippen LogP contribution in [0, 0.1) is 5.92 Å². The number of hydrogen-bond acceptors (Lipinski definition) is 5. The topological polar surface area (TPSA) is 77.0 Å². The molecule has 0 bridgehead atoms. The Bertz CT molecular complexity index is 790. The first-order valence-corrected chi connectivity index (χ1v) is 10.6. The lowest BCUT2D eigenvalue weighted by Gasteiger charge is -2.34. The number of amides is 1. The van der Waals surface area contributed by atoms with Gasteiger partial charge in [-0.15, -0.1) is 0 Å². The minimum absolute atomic E-state index is 0.104. The van der Waals surface area contributed by atoms with Gasteiger partial charge >= 0.3 is 0 Å². The molecule has 158 valence electrons. The van der Waals surface area contributed by atoms with Crippen LogP contribution in [0.4, 0.5) is 5.69 Å². The SMILES string of the molecule is CCC1C=C(c2ccccc2NCC2CC2)N=C(C)N1CC(=O)NCC(C)(C)O. The first-order chi connectivity index (χ1) is 13.8. The molecule has 1 saturated carbocycles. The summed E-state index contributed by atoms with van der Waals surface area (Å²) in [5.41, 5.74) is 2.27. The number of para-hydroxylation sites is 1. The fourth-order valence-electron chi connectivity index (χ4n) is 3.47. The molecular formula is C23H34N4O2. The van der Waals surface area contributed by atoms with Crippen LogP contribution in [0.15, 0.2) is 35.3 Å². The zero-order valence-corrected chi connectivity index (χ0v) is 18.0. The molecule has 2 aliphatic rings. The summed E-state index contributed by atoms with van der Waals surface area (Å²) < 4.78 is 0. The summed E-state index contributed by atoms with van der Waals surface area (Å²) in [6, 6.07) is 8.42. The molecular weight excluding hydrogens is 364 g/mol. The molecule has 1 heterocycles. The molecule has 1 aromatic carbocycles. The lowest BCUT2D eigenvalue weighted by Crippen LogP contribution is -2.48. The first kappa shape index (κ1) is 21.4. The zero-order chi connectivity index (χ0) is 21.0. The smallest absolute Gasteiger partial charge is 0.239 e. The van der Waals surface area contributed by atoms with Gasteiger partial charge in [0, 0.05) is 24.3 Å². The zero-order valence-electron chi connectivity index (χ0n) is 18.0. The second kappa shape index (κ2) is 8.99. The van der Waals surface area contributed by atoms with Crippen molar-refractivity contribution in [1.29, 1.82) is 0 Å². The summed E-state index contributed by atoms with van der Waals surface area (Å²) in [7, 11) is 0. The highest BCUT2D eigenvalue weighted by molar-refractivity contribution is 5.93. The first-order valence-electron chi connectivity index (χ1n) is 10.6. The van der Waals surface area contributed by atoms with Crippen molar-refractivity contribution in [2.75, 3.05) is 25.0 Å². The Kier molecular flexibility index (Phi) is 6.63. The van der Waals surface area contributed by atoms with Gasteiger partial charge < -0.3 is 20.6 Å². The van der Waals surface area contributed by atoms with E-state index in [1.54, 1.807) is 13.8 Å². The molecule has 1 aromatic rings. The van der Waals surface area contributed by atoms with E-state index in [-0.39, 0.29) is 25.0 Å². The number of nitrogens with zero attached hydrogens (tertiary/aromatic N) is 2. The van der Waals surface area contributed by atoms with E-state index >= 15 is 0 Å². The van der Waals surface area contributed by atoms with Gasteiger partial charge in [-0.05, 0) is 58.1 Å². The minimum Gasteiger partial charge on any atom is -0.389 e. The average Bonchev–Trinajstić information content (AvgIpc) is 3.50. The van der Waals surface area contributed by atoms with E-state index in [1.165, 1.54) is 12.8 Å². The maximum Gasteiger partial charge on any atom is 0.239 e. The van der Waals surface area contributed by atoms with Gasteiger partial charge in [-0.1, -0.05) is 25.1 Å². The van der Waals surface area contributed by atoms with Crippen molar-refractivity contribution in [1.82, 2.24) is 10.2 Å². The molecule has 1 aliphatic heterocycles. The van der Waals surface area contributed by atoms with E-state index in [4.69, 9.17) is 4.99 Å². The monoisotopic (exact) mass is 398 g/mol. The third kappa shape index (κ3) is 6.07. The van der Waals surface area contributed by atoms with Crippen molar-refractivity contribution < 1.29 is 9.90 Å². The number of nitrogens with one attached hydrogen (secondary N) is 2. The maximum atomic E-state index is 12.4. The quantitative estimate of drug-likeness (QED) is 0.597. The van der Waals surface area contributed by atoms with Gasteiger partial charge in [0.15, 0.2) is 0 Å². The van der Waals surface area contributed by atoms with E-state index in [0.29, 0.717) is 0 Å². The predicted molar refractivity (Wildman–Crippen MR) is 119 cm³/mol. The molecule has 0 saturated heterocycles. The van der Waals surface area contributed by atoms with Crippen LogP contribution in [0.2, 0.25) is 0 Å². The van der Waals surface area contributed by atoms with Crippen LogP contribution in [-0.4, -0.2) is 53.0 Å². The molecule has 6 heteroatoms. The Labute approximate surface area is 174 Å². The maximum absolute atomic E-state index is 12.4. The highest BCUT2D eigenvalue weighted by atomic mass is 16.3. The van der Waals surface area contributed by atoms with Gasteiger partial charge in [-0.3, -0.25) is 4.79 Å². The number of carbonyl (C=O) groups is 1. The van der Waals surface area contributed by atoms with Gasteiger partial charge in [0.2, 0.25) is 5.91 Å². The molecule has 0 radical (unpaired) electrons. The molecule has 29 heavy (non-hydrogen) atoms. The molecule has 3 rings (SSSR count). The molecule has 6 nitrogen and oxygen atoms in total. The van der Waals surface area contributed by atoms with Crippen LogP contribution >= 0.6 is 0 Å². The summed E-state index contributed by atoms with van der Waals surface area (Å²) in [6.07, 6.45) is 5.68. The van der Waals surface area contributed by atoms with Crippen LogP contribution < -0.4 is 10.6 Å². The normalized spacial score (nSPS) is 19.5. The van der Waals surface area contributed by atoms with E-state index in [1.807, 2.05) is 17.9 Å². The standard InChI is InChI=1S/C23H34N4O2/c1-5-18-12-21(19-8-6-7-9-20(19)24-13-17-10-11-17)26-16(2)27(18)14-22(28)25-15-23(3,4)29/h6-9,12,17-18,24,29H,5,10-11,13-15H2,1-4H3,(H,25,28). The van der Waals surface area contributed by atoms with Crippen LogP contribution in [0.25, 0.3) is 5.70 Å². The number of hydrogen-bond donors (Lipinski definition) is 3. The van der Waals surface area contributed by atoms with E-state index < -0.39 is 5.60 Å². The summed E-state index contributed by atoms with van der Waals surface area (Å²) in [4.78, 5) is 19.2.